The lowest BCUT2D eigenvalue weighted by Gasteiger charge is -2.23. The van der Waals surface area contributed by atoms with Crippen molar-refractivity contribution in [2.75, 3.05) is 12.4 Å². The lowest BCUT2D eigenvalue weighted by Crippen LogP contribution is -2.28. The number of anilines is 1. The van der Waals surface area contributed by atoms with E-state index in [4.69, 9.17) is 0 Å². The molecule has 1 aliphatic rings. The molecule has 1 amide bonds. The first-order valence-electron chi connectivity index (χ1n) is 5.66. The van der Waals surface area contributed by atoms with Crippen LogP contribution < -0.4 is 5.32 Å². The zero-order valence-electron chi connectivity index (χ0n) is 9.90. The Balaban J connectivity index is 2.09. The summed E-state index contributed by atoms with van der Waals surface area (Å²) in [5.41, 5.74) is 0.339. The van der Waals surface area contributed by atoms with Gasteiger partial charge in [-0.15, -0.1) is 0 Å². The number of nitrogens with one attached hydrogen (secondary N) is 1. The third kappa shape index (κ3) is 2.69. The van der Waals surface area contributed by atoms with Gasteiger partial charge in [0.1, 0.15) is 5.82 Å². The summed E-state index contributed by atoms with van der Waals surface area (Å²) in [7, 11) is 1.31. The van der Waals surface area contributed by atoms with Gasteiger partial charge < -0.3 is 10.1 Å². The summed E-state index contributed by atoms with van der Waals surface area (Å²) in [6, 6.07) is 1.58. The lowest BCUT2D eigenvalue weighted by molar-refractivity contribution is -0.122. The van der Waals surface area contributed by atoms with Crippen LogP contribution in [0.1, 0.15) is 29.6 Å². The number of rotatable bonds is 3. The van der Waals surface area contributed by atoms with Crippen LogP contribution in [-0.2, 0) is 9.53 Å². The molecule has 1 saturated carbocycles. The average molecular weight is 313 g/mol. The molecule has 2 rings (SSSR count). The molecule has 0 saturated heterocycles. The zero-order chi connectivity index (χ0) is 13.1. The van der Waals surface area contributed by atoms with Crippen molar-refractivity contribution in [1.82, 2.24) is 4.98 Å². The van der Waals surface area contributed by atoms with Crippen LogP contribution in [0.3, 0.4) is 0 Å². The Morgan fingerprint density at radius 3 is 2.72 bits per heavy atom. The van der Waals surface area contributed by atoms with E-state index in [-0.39, 0.29) is 11.8 Å². The van der Waals surface area contributed by atoms with E-state index in [1.807, 2.05) is 0 Å². The number of esters is 1. The zero-order valence-corrected chi connectivity index (χ0v) is 11.5. The van der Waals surface area contributed by atoms with Crippen LogP contribution in [-0.4, -0.2) is 24.0 Å². The fourth-order valence-electron chi connectivity index (χ4n) is 1.65. The van der Waals surface area contributed by atoms with Crippen molar-refractivity contribution >= 4 is 33.6 Å². The minimum absolute atomic E-state index is 0.0136. The van der Waals surface area contributed by atoms with Crippen LogP contribution in [0.5, 0.6) is 0 Å². The van der Waals surface area contributed by atoms with E-state index < -0.39 is 5.97 Å². The monoisotopic (exact) mass is 312 g/mol. The summed E-state index contributed by atoms with van der Waals surface area (Å²) < 4.78 is 5.16. The lowest BCUT2D eigenvalue weighted by atomic mass is 9.85. The largest absolute Gasteiger partial charge is 0.465 e. The number of carbonyl (C=O) groups is 2. The third-order valence-corrected chi connectivity index (χ3v) is 3.58. The number of carbonyl (C=O) groups excluding carboxylic acids is 2. The molecule has 6 heteroatoms. The van der Waals surface area contributed by atoms with Gasteiger partial charge in [-0.2, -0.15) is 0 Å². The Kier molecular flexibility index (Phi) is 3.96. The minimum atomic E-state index is -0.458. The maximum atomic E-state index is 11.8. The Hall–Kier alpha value is -1.43. The van der Waals surface area contributed by atoms with E-state index in [0.717, 1.165) is 19.3 Å². The van der Waals surface area contributed by atoms with Crippen molar-refractivity contribution in [3.8, 4) is 0 Å². The Morgan fingerprint density at radius 1 is 1.50 bits per heavy atom. The Labute approximate surface area is 113 Å². The molecule has 0 unspecified atom stereocenters. The number of nitrogens with zero attached hydrogens (tertiary/aromatic N) is 1. The first-order chi connectivity index (χ1) is 8.61. The molecule has 1 aromatic rings. The topological polar surface area (TPSA) is 68.3 Å². The number of hydrogen-bond acceptors (Lipinski definition) is 4. The molecular weight excluding hydrogens is 300 g/mol. The number of hydrogen-bond donors (Lipinski definition) is 1. The minimum Gasteiger partial charge on any atom is -0.465 e. The summed E-state index contributed by atoms with van der Waals surface area (Å²) in [6.07, 6.45) is 4.36. The first kappa shape index (κ1) is 13.0. The van der Waals surface area contributed by atoms with Crippen molar-refractivity contribution in [3.63, 3.8) is 0 Å². The summed E-state index contributed by atoms with van der Waals surface area (Å²) in [6.45, 7) is 0. The molecule has 5 nitrogen and oxygen atoms in total. The Morgan fingerprint density at radius 2 is 2.22 bits per heavy atom. The van der Waals surface area contributed by atoms with E-state index in [0.29, 0.717) is 15.9 Å². The SMILES string of the molecule is COC(=O)c1cnc(NC(=O)C2CCC2)c(Br)c1. The van der Waals surface area contributed by atoms with Crippen molar-refractivity contribution in [2.45, 2.75) is 19.3 Å². The van der Waals surface area contributed by atoms with Gasteiger partial charge in [0.2, 0.25) is 5.91 Å². The highest BCUT2D eigenvalue weighted by atomic mass is 79.9. The van der Waals surface area contributed by atoms with Crippen LogP contribution in [0.25, 0.3) is 0 Å². The second kappa shape index (κ2) is 5.48. The van der Waals surface area contributed by atoms with Gasteiger partial charge in [0.05, 0.1) is 17.1 Å². The average Bonchev–Trinajstić information content (AvgIpc) is 2.28. The van der Waals surface area contributed by atoms with E-state index in [2.05, 4.69) is 31.0 Å². The van der Waals surface area contributed by atoms with E-state index in [1.165, 1.54) is 13.3 Å². The predicted octanol–water partition coefficient (Wildman–Crippen LogP) is 2.37. The van der Waals surface area contributed by atoms with Gasteiger partial charge in [0.15, 0.2) is 0 Å². The molecule has 1 aliphatic carbocycles. The predicted molar refractivity (Wildman–Crippen MR) is 69.2 cm³/mol. The van der Waals surface area contributed by atoms with Crippen LogP contribution in [0.4, 0.5) is 5.82 Å². The highest BCUT2D eigenvalue weighted by Crippen LogP contribution is 2.29. The second-order valence-electron chi connectivity index (χ2n) is 4.16. The molecule has 96 valence electrons. The third-order valence-electron chi connectivity index (χ3n) is 2.98. The van der Waals surface area contributed by atoms with E-state index in [1.54, 1.807) is 6.07 Å². The van der Waals surface area contributed by atoms with Gasteiger partial charge in [-0.25, -0.2) is 9.78 Å². The number of aromatic nitrogens is 1. The highest BCUT2D eigenvalue weighted by Gasteiger charge is 2.26. The maximum absolute atomic E-state index is 11.8. The number of pyridine rings is 1. The van der Waals surface area contributed by atoms with Crippen LogP contribution in [0.15, 0.2) is 16.7 Å². The van der Waals surface area contributed by atoms with Crippen molar-refractivity contribution in [2.24, 2.45) is 5.92 Å². The highest BCUT2D eigenvalue weighted by molar-refractivity contribution is 9.10. The number of methoxy groups -OCH3 is 1. The van der Waals surface area contributed by atoms with Gasteiger partial charge in [-0.05, 0) is 34.8 Å². The smallest absolute Gasteiger partial charge is 0.339 e. The molecule has 1 fully saturated rings. The van der Waals surface area contributed by atoms with E-state index in [9.17, 15) is 9.59 Å². The summed E-state index contributed by atoms with van der Waals surface area (Å²) >= 11 is 3.28. The standard InChI is InChI=1S/C12H13BrN2O3/c1-18-12(17)8-5-9(13)10(14-6-8)15-11(16)7-3-2-4-7/h5-7H,2-4H2,1H3,(H,14,15,16). The number of amides is 1. The molecule has 0 radical (unpaired) electrons. The van der Waals surface area contributed by atoms with Gasteiger partial charge in [0.25, 0.3) is 0 Å². The maximum Gasteiger partial charge on any atom is 0.339 e. The summed E-state index contributed by atoms with van der Waals surface area (Å²) in [5.74, 6) is 0.0545. The summed E-state index contributed by atoms with van der Waals surface area (Å²) in [4.78, 5) is 27.1. The molecule has 0 aromatic carbocycles. The molecule has 0 spiro atoms. The second-order valence-corrected chi connectivity index (χ2v) is 5.02. The fraction of sp³-hybridized carbons (Fsp3) is 0.417. The molecule has 18 heavy (non-hydrogen) atoms. The molecule has 1 heterocycles. The van der Waals surface area contributed by atoms with Gasteiger partial charge >= 0.3 is 5.97 Å². The molecule has 0 bridgehead atoms. The number of halogens is 1. The van der Waals surface area contributed by atoms with Gasteiger partial charge in [0, 0.05) is 12.1 Å². The van der Waals surface area contributed by atoms with Gasteiger partial charge in [-0.1, -0.05) is 6.42 Å². The van der Waals surface area contributed by atoms with Crippen molar-refractivity contribution in [1.29, 1.82) is 0 Å². The Bertz CT molecular complexity index is 486. The normalized spacial score (nSPS) is 14.8. The van der Waals surface area contributed by atoms with Crippen LogP contribution in [0.2, 0.25) is 0 Å². The van der Waals surface area contributed by atoms with Crippen molar-refractivity contribution < 1.29 is 14.3 Å². The van der Waals surface area contributed by atoms with E-state index >= 15 is 0 Å². The fourth-order valence-corrected chi connectivity index (χ4v) is 2.10. The van der Waals surface area contributed by atoms with Crippen LogP contribution in [0, 0.1) is 5.92 Å². The molecular formula is C12H13BrN2O3. The quantitative estimate of drug-likeness (QED) is 0.870. The van der Waals surface area contributed by atoms with Crippen LogP contribution >= 0.6 is 15.9 Å². The van der Waals surface area contributed by atoms with Gasteiger partial charge in [-0.3, -0.25) is 4.79 Å². The number of ether oxygens (including phenoxy) is 1. The summed E-state index contributed by atoms with van der Waals surface area (Å²) in [5, 5.41) is 2.75. The molecule has 0 aliphatic heterocycles. The molecule has 1 N–H and O–H groups in total. The molecule has 1 aromatic heterocycles. The van der Waals surface area contributed by atoms with Crippen molar-refractivity contribution in [3.05, 3.63) is 22.3 Å². The molecule has 0 atom stereocenters. The first-order valence-corrected chi connectivity index (χ1v) is 6.46.